The molecule has 1 saturated heterocycles. The molecule has 0 aliphatic carbocycles. The Balaban J connectivity index is 1.67. The van der Waals surface area contributed by atoms with Crippen LogP contribution < -0.4 is 0 Å². The zero-order chi connectivity index (χ0) is 18.7. The molecule has 0 spiro atoms. The third-order valence-corrected chi connectivity index (χ3v) is 5.02. The van der Waals surface area contributed by atoms with Crippen molar-refractivity contribution in [2.24, 2.45) is 18.9 Å². The fourth-order valence-corrected chi connectivity index (χ4v) is 3.83. The van der Waals surface area contributed by atoms with Crippen molar-refractivity contribution in [1.29, 1.82) is 0 Å². The number of hydrogen-bond donors (Lipinski definition) is 0. The molecule has 1 atom stereocenters. The largest absolute Gasteiger partial charge is 0.337 e. The first-order chi connectivity index (χ1) is 12.4. The van der Waals surface area contributed by atoms with Gasteiger partial charge in [-0.2, -0.15) is 5.10 Å². The first-order valence-corrected chi connectivity index (χ1v) is 9.67. The fourth-order valence-electron chi connectivity index (χ4n) is 3.83. The topological polar surface area (TPSA) is 51.0 Å². The van der Waals surface area contributed by atoms with E-state index in [0.717, 1.165) is 55.9 Å². The first-order valence-electron chi connectivity index (χ1n) is 9.67. The normalized spacial score (nSPS) is 17.7. The predicted octanol–water partition coefficient (Wildman–Crippen LogP) is 3.42. The summed E-state index contributed by atoms with van der Waals surface area (Å²) in [6.45, 7) is 8.01. The Kier molecular flexibility index (Phi) is 5.74. The van der Waals surface area contributed by atoms with E-state index in [0.29, 0.717) is 17.5 Å². The molecule has 140 valence electrons. The number of rotatable bonds is 5. The summed E-state index contributed by atoms with van der Waals surface area (Å²) in [7, 11) is 1.87. The van der Waals surface area contributed by atoms with Crippen LogP contribution in [0.4, 0.5) is 0 Å². The number of piperidine rings is 1. The van der Waals surface area contributed by atoms with E-state index in [2.05, 4.69) is 36.1 Å². The SMILES string of the molecule is Cc1cccc(C[C@@H]2CCCN(C(=O)c3cc(CC(C)C)nn3C)C2)n1. The lowest BCUT2D eigenvalue weighted by Crippen LogP contribution is -2.41. The van der Waals surface area contributed by atoms with E-state index in [9.17, 15) is 4.79 Å². The van der Waals surface area contributed by atoms with Gasteiger partial charge in [-0.25, -0.2) is 0 Å². The Morgan fingerprint density at radius 2 is 2.12 bits per heavy atom. The Morgan fingerprint density at radius 3 is 2.85 bits per heavy atom. The highest BCUT2D eigenvalue weighted by Crippen LogP contribution is 2.22. The summed E-state index contributed by atoms with van der Waals surface area (Å²) in [5.74, 6) is 1.12. The van der Waals surface area contributed by atoms with Crippen molar-refractivity contribution in [3.05, 3.63) is 47.0 Å². The van der Waals surface area contributed by atoms with Crippen LogP contribution in [0.3, 0.4) is 0 Å². The molecule has 0 radical (unpaired) electrons. The molecule has 0 saturated carbocycles. The van der Waals surface area contributed by atoms with Gasteiger partial charge in [-0.1, -0.05) is 19.9 Å². The molecule has 5 nitrogen and oxygen atoms in total. The van der Waals surface area contributed by atoms with Gasteiger partial charge in [0.15, 0.2) is 0 Å². The molecule has 1 fully saturated rings. The Bertz CT molecular complexity index is 765. The number of nitrogens with zero attached hydrogens (tertiary/aromatic N) is 4. The fraction of sp³-hybridized carbons (Fsp3) is 0.571. The van der Waals surface area contributed by atoms with Crippen LogP contribution in [0, 0.1) is 18.8 Å². The Labute approximate surface area is 156 Å². The van der Waals surface area contributed by atoms with E-state index in [4.69, 9.17) is 0 Å². The molecule has 26 heavy (non-hydrogen) atoms. The van der Waals surface area contributed by atoms with Crippen molar-refractivity contribution in [3.63, 3.8) is 0 Å². The summed E-state index contributed by atoms with van der Waals surface area (Å²) in [6.07, 6.45) is 4.06. The summed E-state index contributed by atoms with van der Waals surface area (Å²) in [5, 5.41) is 4.52. The highest BCUT2D eigenvalue weighted by atomic mass is 16.2. The molecule has 3 rings (SSSR count). The molecule has 0 unspecified atom stereocenters. The summed E-state index contributed by atoms with van der Waals surface area (Å²) >= 11 is 0. The van der Waals surface area contributed by atoms with Crippen LogP contribution in [-0.2, 0) is 19.9 Å². The van der Waals surface area contributed by atoms with Crippen molar-refractivity contribution in [1.82, 2.24) is 19.7 Å². The molecule has 1 amide bonds. The molecule has 0 N–H and O–H groups in total. The first kappa shape index (κ1) is 18.6. The molecule has 0 bridgehead atoms. The molecule has 1 aliphatic heterocycles. The average molecular weight is 354 g/mol. The van der Waals surface area contributed by atoms with Gasteiger partial charge in [0, 0.05) is 31.5 Å². The molecule has 2 aromatic rings. The molecule has 5 heteroatoms. The van der Waals surface area contributed by atoms with Crippen molar-refractivity contribution in [3.8, 4) is 0 Å². The number of carbonyl (C=O) groups is 1. The minimum Gasteiger partial charge on any atom is -0.337 e. The van der Waals surface area contributed by atoms with Gasteiger partial charge in [-0.15, -0.1) is 0 Å². The molecule has 2 aromatic heterocycles. The van der Waals surface area contributed by atoms with Crippen LogP contribution in [0.25, 0.3) is 0 Å². The van der Waals surface area contributed by atoms with Crippen LogP contribution in [0.5, 0.6) is 0 Å². The smallest absolute Gasteiger partial charge is 0.272 e. The minimum absolute atomic E-state index is 0.108. The third-order valence-electron chi connectivity index (χ3n) is 5.02. The molecular weight excluding hydrogens is 324 g/mol. The van der Waals surface area contributed by atoms with Crippen LogP contribution in [0.15, 0.2) is 24.3 Å². The molecular formula is C21H30N4O. The van der Waals surface area contributed by atoms with Gasteiger partial charge in [-0.05, 0) is 62.6 Å². The van der Waals surface area contributed by atoms with Crippen LogP contribution in [0.2, 0.25) is 0 Å². The summed E-state index contributed by atoms with van der Waals surface area (Å²) in [6, 6.07) is 8.15. The van der Waals surface area contributed by atoms with E-state index >= 15 is 0 Å². The minimum atomic E-state index is 0.108. The van der Waals surface area contributed by atoms with Gasteiger partial charge < -0.3 is 4.90 Å². The summed E-state index contributed by atoms with van der Waals surface area (Å²) in [5.41, 5.74) is 3.89. The number of aromatic nitrogens is 3. The number of hydrogen-bond acceptors (Lipinski definition) is 3. The number of carbonyl (C=O) groups excluding carboxylic acids is 1. The van der Waals surface area contributed by atoms with Gasteiger partial charge in [0.25, 0.3) is 5.91 Å². The summed E-state index contributed by atoms with van der Waals surface area (Å²) < 4.78 is 1.74. The van der Waals surface area contributed by atoms with Crippen molar-refractivity contribution in [2.75, 3.05) is 13.1 Å². The monoisotopic (exact) mass is 354 g/mol. The van der Waals surface area contributed by atoms with Crippen LogP contribution in [0.1, 0.15) is 54.3 Å². The Morgan fingerprint density at radius 1 is 1.31 bits per heavy atom. The number of pyridine rings is 1. The number of amides is 1. The maximum atomic E-state index is 13.0. The van der Waals surface area contributed by atoms with E-state index in [1.165, 1.54) is 0 Å². The summed E-state index contributed by atoms with van der Waals surface area (Å²) in [4.78, 5) is 19.6. The second-order valence-electron chi connectivity index (χ2n) is 7.98. The second-order valence-corrected chi connectivity index (χ2v) is 7.98. The van der Waals surface area contributed by atoms with Crippen molar-refractivity contribution < 1.29 is 4.79 Å². The van der Waals surface area contributed by atoms with Crippen LogP contribution in [-0.4, -0.2) is 38.7 Å². The van der Waals surface area contributed by atoms with Gasteiger partial charge in [0.2, 0.25) is 0 Å². The number of aryl methyl sites for hydroxylation is 2. The third kappa shape index (κ3) is 4.51. The predicted molar refractivity (Wildman–Crippen MR) is 103 cm³/mol. The zero-order valence-electron chi connectivity index (χ0n) is 16.4. The second kappa shape index (κ2) is 8.02. The lowest BCUT2D eigenvalue weighted by Gasteiger charge is -2.32. The average Bonchev–Trinajstić information content (AvgIpc) is 2.94. The van der Waals surface area contributed by atoms with Crippen LogP contribution >= 0.6 is 0 Å². The zero-order valence-corrected chi connectivity index (χ0v) is 16.4. The lowest BCUT2D eigenvalue weighted by molar-refractivity contribution is 0.0661. The van der Waals surface area contributed by atoms with Gasteiger partial charge >= 0.3 is 0 Å². The van der Waals surface area contributed by atoms with E-state index in [-0.39, 0.29) is 5.91 Å². The van der Waals surface area contributed by atoms with E-state index in [1.54, 1.807) is 4.68 Å². The number of likely N-dealkylation sites (tertiary alicyclic amines) is 1. The quantitative estimate of drug-likeness (QED) is 0.827. The highest BCUT2D eigenvalue weighted by Gasteiger charge is 2.27. The standard InChI is InChI=1S/C21H30N4O/c1-15(2)11-19-13-20(24(4)23-19)21(26)25-10-6-8-17(14-25)12-18-9-5-7-16(3)22-18/h5,7,9,13,15,17H,6,8,10-12,14H2,1-4H3/t17-/m0/s1. The van der Waals surface area contributed by atoms with Crippen molar-refractivity contribution in [2.45, 2.75) is 46.5 Å². The molecule has 1 aliphatic rings. The highest BCUT2D eigenvalue weighted by molar-refractivity contribution is 5.92. The maximum absolute atomic E-state index is 13.0. The lowest BCUT2D eigenvalue weighted by atomic mass is 9.93. The maximum Gasteiger partial charge on any atom is 0.272 e. The van der Waals surface area contributed by atoms with Gasteiger partial charge in [0.05, 0.1) is 5.69 Å². The molecule has 0 aromatic carbocycles. The molecule has 3 heterocycles. The van der Waals surface area contributed by atoms with E-state index in [1.807, 2.05) is 31.0 Å². The van der Waals surface area contributed by atoms with Gasteiger partial charge in [-0.3, -0.25) is 14.5 Å². The van der Waals surface area contributed by atoms with Crippen molar-refractivity contribution >= 4 is 5.91 Å². The Hall–Kier alpha value is -2.17. The van der Waals surface area contributed by atoms with Gasteiger partial charge in [0.1, 0.15) is 5.69 Å². The van der Waals surface area contributed by atoms with E-state index < -0.39 is 0 Å².